The Morgan fingerprint density at radius 2 is 1.85 bits per heavy atom. The number of hydrogen-bond acceptors (Lipinski definition) is 5. The fourth-order valence-corrected chi connectivity index (χ4v) is 2.88. The van der Waals surface area contributed by atoms with Gasteiger partial charge in [-0.15, -0.1) is 0 Å². The van der Waals surface area contributed by atoms with E-state index in [1.54, 1.807) is 24.3 Å². The van der Waals surface area contributed by atoms with Crippen molar-refractivity contribution < 1.29 is 14.3 Å². The number of benzene rings is 1. The molecule has 1 aromatic carbocycles. The van der Waals surface area contributed by atoms with Crippen molar-refractivity contribution in [2.24, 2.45) is 5.92 Å². The number of ether oxygens (including phenoxy) is 1. The molecule has 0 aromatic heterocycles. The van der Waals surface area contributed by atoms with Gasteiger partial charge < -0.3 is 20.7 Å². The second-order valence-electron chi connectivity index (χ2n) is 6.91. The summed E-state index contributed by atoms with van der Waals surface area (Å²) in [6.45, 7) is 6.03. The molecule has 142 valence electrons. The Labute approximate surface area is 154 Å². The van der Waals surface area contributed by atoms with Gasteiger partial charge in [-0.3, -0.25) is 14.5 Å². The third-order valence-electron chi connectivity index (χ3n) is 4.66. The van der Waals surface area contributed by atoms with E-state index in [2.05, 4.69) is 20.9 Å². The maximum Gasteiger partial charge on any atom is 0.251 e. The summed E-state index contributed by atoms with van der Waals surface area (Å²) in [7, 11) is 0. The zero-order valence-electron chi connectivity index (χ0n) is 15.1. The first-order valence-corrected chi connectivity index (χ1v) is 9.39. The minimum atomic E-state index is -0.0952. The van der Waals surface area contributed by atoms with Crippen LogP contribution in [0.25, 0.3) is 0 Å². The molecule has 2 aliphatic rings. The highest BCUT2D eigenvalue weighted by atomic mass is 16.5. The Bertz CT molecular complexity index is 595. The molecule has 3 N–H and O–H groups in total. The number of nitrogens with zero attached hydrogens (tertiary/aromatic N) is 1. The van der Waals surface area contributed by atoms with Crippen LogP contribution in [-0.2, 0) is 9.53 Å². The number of carbonyl (C=O) groups is 2. The van der Waals surface area contributed by atoms with Crippen LogP contribution >= 0.6 is 0 Å². The molecule has 7 heteroatoms. The van der Waals surface area contributed by atoms with Gasteiger partial charge >= 0.3 is 0 Å². The molecular formula is C19H28N4O3. The van der Waals surface area contributed by atoms with E-state index in [1.807, 2.05) is 0 Å². The third-order valence-corrected chi connectivity index (χ3v) is 4.66. The van der Waals surface area contributed by atoms with E-state index in [0.29, 0.717) is 24.3 Å². The van der Waals surface area contributed by atoms with Gasteiger partial charge in [0.25, 0.3) is 5.91 Å². The number of rotatable bonds is 9. The van der Waals surface area contributed by atoms with Crippen molar-refractivity contribution >= 4 is 17.5 Å². The van der Waals surface area contributed by atoms with E-state index >= 15 is 0 Å². The molecular weight excluding hydrogens is 332 g/mol. The highest BCUT2D eigenvalue weighted by molar-refractivity contribution is 5.96. The lowest BCUT2D eigenvalue weighted by Gasteiger charge is -2.26. The van der Waals surface area contributed by atoms with Gasteiger partial charge in [0.05, 0.1) is 19.8 Å². The van der Waals surface area contributed by atoms with Crippen LogP contribution in [0.2, 0.25) is 0 Å². The highest BCUT2D eigenvalue weighted by Crippen LogP contribution is 2.27. The Morgan fingerprint density at radius 1 is 1.12 bits per heavy atom. The van der Waals surface area contributed by atoms with Crippen LogP contribution < -0.4 is 16.0 Å². The minimum Gasteiger partial charge on any atom is -0.379 e. The summed E-state index contributed by atoms with van der Waals surface area (Å²) in [6, 6.07) is 6.99. The van der Waals surface area contributed by atoms with E-state index in [1.165, 1.54) is 12.8 Å². The largest absolute Gasteiger partial charge is 0.379 e. The van der Waals surface area contributed by atoms with Crippen molar-refractivity contribution in [2.75, 3.05) is 57.8 Å². The lowest BCUT2D eigenvalue weighted by molar-refractivity contribution is -0.115. The summed E-state index contributed by atoms with van der Waals surface area (Å²) < 4.78 is 5.31. The van der Waals surface area contributed by atoms with Crippen molar-refractivity contribution in [3.63, 3.8) is 0 Å². The molecule has 3 rings (SSSR count). The van der Waals surface area contributed by atoms with Gasteiger partial charge in [-0.1, -0.05) is 0 Å². The molecule has 0 spiro atoms. The van der Waals surface area contributed by atoms with Gasteiger partial charge in [0.15, 0.2) is 0 Å². The van der Waals surface area contributed by atoms with Gasteiger partial charge in [0, 0.05) is 37.4 Å². The standard InChI is InChI=1S/C19H28N4O3/c24-18(14-20-13-15-1-2-15)22-17-5-3-16(4-6-17)19(25)21-7-8-23-9-11-26-12-10-23/h3-6,15,20H,1-2,7-14H2,(H,21,25)(H,22,24). The monoisotopic (exact) mass is 360 g/mol. The molecule has 7 nitrogen and oxygen atoms in total. The lowest BCUT2D eigenvalue weighted by atomic mass is 10.2. The number of morpholine rings is 1. The van der Waals surface area contributed by atoms with Crippen LogP contribution in [0, 0.1) is 5.92 Å². The zero-order chi connectivity index (χ0) is 18.2. The molecule has 1 heterocycles. The van der Waals surface area contributed by atoms with E-state index in [9.17, 15) is 9.59 Å². The Kier molecular flexibility index (Phi) is 6.99. The van der Waals surface area contributed by atoms with Crippen molar-refractivity contribution in [3.8, 4) is 0 Å². The predicted molar refractivity (Wildman–Crippen MR) is 100 cm³/mol. The number of carbonyl (C=O) groups excluding carboxylic acids is 2. The Balaban J connectivity index is 1.35. The summed E-state index contributed by atoms with van der Waals surface area (Å²) in [6.07, 6.45) is 2.54. The Morgan fingerprint density at radius 3 is 2.54 bits per heavy atom. The molecule has 1 saturated carbocycles. The first kappa shape index (κ1) is 18.8. The number of nitrogens with one attached hydrogen (secondary N) is 3. The van der Waals surface area contributed by atoms with Crippen molar-refractivity contribution in [1.29, 1.82) is 0 Å². The van der Waals surface area contributed by atoms with Crippen LogP contribution in [0.15, 0.2) is 24.3 Å². The van der Waals surface area contributed by atoms with E-state index in [0.717, 1.165) is 45.3 Å². The average Bonchev–Trinajstić information content (AvgIpc) is 3.47. The van der Waals surface area contributed by atoms with Crippen LogP contribution in [0.4, 0.5) is 5.69 Å². The lowest BCUT2D eigenvalue weighted by Crippen LogP contribution is -2.41. The predicted octanol–water partition coefficient (Wildman–Crippen LogP) is 0.687. The average molecular weight is 360 g/mol. The second kappa shape index (κ2) is 9.66. The van der Waals surface area contributed by atoms with Crippen molar-refractivity contribution in [3.05, 3.63) is 29.8 Å². The minimum absolute atomic E-state index is 0.0617. The number of amides is 2. The topological polar surface area (TPSA) is 82.7 Å². The molecule has 2 fully saturated rings. The SMILES string of the molecule is O=C(CNCC1CC1)Nc1ccc(C(=O)NCCN2CCOCC2)cc1. The van der Waals surface area contributed by atoms with Crippen LogP contribution in [-0.4, -0.2) is 69.2 Å². The van der Waals surface area contributed by atoms with Crippen LogP contribution in [0.1, 0.15) is 23.2 Å². The molecule has 1 aliphatic heterocycles. The fourth-order valence-electron chi connectivity index (χ4n) is 2.88. The summed E-state index contributed by atoms with van der Waals surface area (Å²) in [5.41, 5.74) is 1.30. The molecule has 1 aromatic rings. The van der Waals surface area contributed by atoms with Gasteiger partial charge in [-0.2, -0.15) is 0 Å². The summed E-state index contributed by atoms with van der Waals surface area (Å²) in [5.74, 6) is 0.597. The Hall–Kier alpha value is -1.96. The summed E-state index contributed by atoms with van der Waals surface area (Å²) in [4.78, 5) is 26.3. The van der Waals surface area contributed by atoms with Crippen molar-refractivity contribution in [2.45, 2.75) is 12.8 Å². The fraction of sp³-hybridized carbons (Fsp3) is 0.579. The van der Waals surface area contributed by atoms with Crippen molar-refractivity contribution in [1.82, 2.24) is 15.5 Å². The molecule has 0 bridgehead atoms. The molecule has 26 heavy (non-hydrogen) atoms. The second-order valence-corrected chi connectivity index (χ2v) is 6.91. The highest BCUT2D eigenvalue weighted by Gasteiger charge is 2.20. The molecule has 0 radical (unpaired) electrons. The summed E-state index contributed by atoms with van der Waals surface area (Å²) in [5, 5.41) is 8.93. The maximum absolute atomic E-state index is 12.2. The quantitative estimate of drug-likeness (QED) is 0.603. The first-order chi connectivity index (χ1) is 12.7. The number of hydrogen-bond donors (Lipinski definition) is 3. The summed E-state index contributed by atoms with van der Waals surface area (Å²) >= 11 is 0. The van der Waals surface area contributed by atoms with E-state index in [4.69, 9.17) is 4.74 Å². The van der Waals surface area contributed by atoms with Gasteiger partial charge in [-0.05, 0) is 49.6 Å². The van der Waals surface area contributed by atoms with Gasteiger partial charge in [0.1, 0.15) is 0 Å². The zero-order valence-corrected chi connectivity index (χ0v) is 15.1. The molecule has 0 atom stereocenters. The smallest absolute Gasteiger partial charge is 0.251 e. The van der Waals surface area contributed by atoms with Crippen LogP contribution in [0.5, 0.6) is 0 Å². The third kappa shape index (κ3) is 6.40. The van der Waals surface area contributed by atoms with Gasteiger partial charge in [0.2, 0.25) is 5.91 Å². The van der Waals surface area contributed by atoms with E-state index < -0.39 is 0 Å². The molecule has 0 unspecified atom stereocenters. The van der Waals surface area contributed by atoms with Crippen LogP contribution in [0.3, 0.4) is 0 Å². The number of anilines is 1. The molecule has 1 saturated heterocycles. The first-order valence-electron chi connectivity index (χ1n) is 9.39. The normalized spacial score (nSPS) is 17.7. The van der Waals surface area contributed by atoms with E-state index in [-0.39, 0.29) is 11.8 Å². The van der Waals surface area contributed by atoms with Gasteiger partial charge in [-0.25, -0.2) is 0 Å². The molecule has 2 amide bonds. The molecule has 1 aliphatic carbocycles. The maximum atomic E-state index is 12.2.